The first-order chi connectivity index (χ1) is 31.5. The molecule has 3 atom stereocenters. The van der Waals surface area contributed by atoms with Crippen molar-refractivity contribution in [3.63, 3.8) is 0 Å². The number of hydrogen-bond donors (Lipinski definition) is 5. The van der Waals surface area contributed by atoms with E-state index < -0.39 is 103 Å². The van der Waals surface area contributed by atoms with Gasteiger partial charge in [0.2, 0.25) is 17.7 Å². The summed E-state index contributed by atoms with van der Waals surface area (Å²) in [5.74, 6) is -2.65. The van der Waals surface area contributed by atoms with Crippen LogP contribution in [-0.2, 0) is 39.2 Å². The van der Waals surface area contributed by atoms with Crippen LogP contribution in [0.15, 0.2) is 60.8 Å². The lowest BCUT2D eigenvalue weighted by Gasteiger charge is -2.41. The predicted molar refractivity (Wildman–Crippen MR) is 258 cm³/mol. The van der Waals surface area contributed by atoms with Gasteiger partial charge in [-0.05, 0) is 122 Å². The molecule has 0 aliphatic heterocycles. The molecule has 21 heteroatoms. The molecule has 0 saturated heterocycles. The van der Waals surface area contributed by atoms with Crippen LogP contribution in [0.4, 0.5) is 33.2 Å². The first-order valence-corrected chi connectivity index (χ1v) is 25.5. The van der Waals surface area contributed by atoms with E-state index in [-0.39, 0.29) is 37.4 Å². The summed E-state index contributed by atoms with van der Waals surface area (Å²) >= 11 is 0. The van der Waals surface area contributed by atoms with E-state index >= 15 is 0 Å². The molecule has 0 bridgehead atoms. The Morgan fingerprint density at radius 3 is 1.70 bits per heavy atom. The smallest absolute Gasteiger partial charge is 0.416 e. The number of rotatable bonds is 17. The summed E-state index contributed by atoms with van der Waals surface area (Å²) in [7, 11) is -2.97. The Kier molecular flexibility index (Phi) is 19.2. The second kappa shape index (κ2) is 23.1. The summed E-state index contributed by atoms with van der Waals surface area (Å²) in [6.45, 7) is 23.7. The standard InChI is InChI=1S/C48H70F3N7O10Si/c1-44(2,3)65-41(62)53-24-26-58(27-25-54-42(63)66-45(4,5)6)36(59)29-35(56-43(64)67-46(7,8)9)39(60)57-37(40(61)55-33-21-22-34-31(28-33)16-15-23-52-34)38(68-69(13,14)47(10,11)12)30-17-19-32(20-18-30)48(49,50)51/h15-23,28,35,37-38H,24-27,29H2,1-14H3,(H,53,62)(H,54,63)(H,55,61)(H,56,64)(H,57,60)/t35-,37-,38-/m0/s1. The molecular weight excluding hydrogens is 920 g/mol. The number of pyridine rings is 1. The minimum atomic E-state index is -4.69. The van der Waals surface area contributed by atoms with Crippen molar-refractivity contribution in [2.24, 2.45) is 0 Å². The van der Waals surface area contributed by atoms with E-state index in [1.54, 1.807) is 98.8 Å². The van der Waals surface area contributed by atoms with Gasteiger partial charge >= 0.3 is 24.5 Å². The first kappa shape index (κ1) is 57.4. The molecule has 0 saturated carbocycles. The molecule has 0 radical (unpaired) electrons. The lowest BCUT2D eigenvalue weighted by Crippen LogP contribution is -2.57. The van der Waals surface area contributed by atoms with Crippen LogP contribution in [0.25, 0.3) is 10.9 Å². The number of alkyl halides is 3. The maximum Gasteiger partial charge on any atom is 0.416 e. The molecule has 69 heavy (non-hydrogen) atoms. The van der Waals surface area contributed by atoms with Crippen molar-refractivity contribution < 1.29 is 60.6 Å². The Bertz CT molecular complexity index is 2230. The Morgan fingerprint density at radius 2 is 1.20 bits per heavy atom. The van der Waals surface area contributed by atoms with Gasteiger partial charge in [0.25, 0.3) is 0 Å². The highest BCUT2D eigenvalue weighted by molar-refractivity contribution is 6.74. The number of fused-ring (bicyclic) bond motifs is 1. The fraction of sp³-hybridized carbons (Fsp3) is 0.562. The van der Waals surface area contributed by atoms with Gasteiger partial charge in [-0.15, -0.1) is 0 Å². The van der Waals surface area contributed by atoms with Gasteiger partial charge in [0.05, 0.1) is 23.6 Å². The summed E-state index contributed by atoms with van der Waals surface area (Å²) in [6.07, 6.45) is -7.88. The number of nitrogens with one attached hydrogen (secondary N) is 5. The van der Waals surface area contributed by atoms with E-state index in [0.29, 0.717) is 10.9 Å². The second-order valence-electron chi connectivity index (χ2n) is 20.9. The van der Waals surface area contributed by atoms with Gasteiger partial charge in [-0.2, -0.15) is 13.2 Å². The largest absolute Gasteiger partial charge is 0.444 e. The monoisotopic (exact) mass is 989 g/mol. The van der Waals surface area contributed by atoms with Crippen LogP contribution >= 0.6 is 0 Å². The van der Waals surface area contributed by atoms with Crippen molar-refractivity contribution in [3.8, 4) is 0 Å². The molecule has 0 aliphatic rings. The SMILES string of the molecule is CC(C)(C)OC(=O)NCCN(CCNC(=O)OC(C)(C)C)C(=O)C[C@H](NC(=O)OC(C)(C)C)C(=O)N[C@H](C(=O)Nc1ccc2ncccc2c1)[C@@H](O[Si](C)(C)C(C)(C)C)c1ccc(C(F)(F)F)cc1. The van der Waals surface area contributed by atoms with Crippen molar-refractivity contribution in [1.29, 1.82) is 0 Å². The molecule has 0 unspecified atom stereocenters. The van der Waals surface area contributed by atoms with E-state index in [4.69, 9.17) is 18.6 Å². The molecule has 0 aliphatic carbocycles. The fourth-order valence-corrected chi connectivity index (χ4v) is 7.39. The van der Waals surface area contributed by atoms with Gasteiger partial charge in [0, 0.05) is 43.4 Å². The van der Waals surface area contributed by atoms with Crippen molar-refractivity contribution in [3.05, 3.63) is 71.9 Å². The average molecular weight is 990 g/mol. The predicted octanol–water partition coefficient (Wildman–Crippen LogP) is 8.60. The van der Waals surface area contributed by atoms with Gasteiger partial charge < -0.3 is 50.1 Å². The zero-order chi connectivity index (χ0) is 52.3. The number of anilines is 1. The summed E-state index contributed by atoms with van der Waals surface area (Å²) in [5.41, 5.74) is -2.65. The van der Waals surface area contributed by atoms with Crippen molar-refractivity contribution in [2.45, 2.75) is 149 Å². The van der Waals surface area contributed by atoms with E-state index in [1.807, 2.05) is 33.9 Å². The highest BCUT2D eigenvalue weighted by Gasteiger charge is 2.44. The summed E-state index contributed by atoms with van der Waals surface area (Å²) < 4.78 is 64.6. The van der Waals surface area contributed by atoms with E-state index in [9.17, 15) is 41.9 Å². The lowest BCUT2D eigenvalue weighted by molar-refractivity contribution is -0.137. The number of hydrogen-bond acceptors (Lipinski definition) is 11. The number of halogens is 3. The third-order valence-electron chi connectivity index (χ3n) is 10.4. The number of carbonyl (C=O) groups excluding carboxylic acids is 6. The number of amides is 6. The van der Waals surface area contributed by atoms with E-state index in [2.05, 4.69) is 31.6 Å². The van der Waals surface area contributed by atoms with Crippen molar-refractivity contribution in [1.82, 2.24) is 31.2 Å². The topological polar surface area (TPSA) is 216 Å². The molecule has 0 spiro atoms. The van der Waals surface area contributed by atoms with Crippen LogP contribution in [0.3, 0.4) is 0 Å². The van der Waals surface area contributed by atoms with E-state index in [0.717, 1.165) is 12.1 Å². The molecular formula is C48H70F3N7O10Si. The zero-order valence-corrected chi connectivity index (χ0v) is 43.2. The second-order valence-corrected chi connectivity index (χ2v) is 25.7. The van der Waals surface area contributed by atoms with Gasteiger partial charge in [0.15, 0.2) is 8.32 Å². The Balaban J connectivity index is 2.15. The zero-order valence-electron chi connectivity index (χ0n) is 42.2. The van der Waals surface area contributed by atoms with Crippen LogP contribution in [0, 0.1) is 0 Å². The molecule has 2 aromatic carbocycles. The third kappa shape index (κ3) is 19.5. The Labute approximate surface area is 403 Å². The van der Waals surface area contributed by atoms with Gasteiger partial charge in [0.1, 0.15) is 28.9 Å². The molecule has 3 aromatic rings. The number of benzene rings is 2. The number of alkyl carbamates (subject to hydrolysis) is 3. The van der Waals surface area contributed by atoms with Crippen LogP contribution in [0.2, 0.25) is 18.1 Å². The quantitative estimate of drug-likeness (QED) is 0.0638. The minimum Gasteiger partial charge on any atom is -0.444 e. The summed E-state index contributed by atoms with van der Waals surface area (Å²) in [4.78, 5) is 88.0. The third-order valence-corrected chi connectivity index (χ3v) is 14.8. The molecule has 0 fully saturated rings. The number of nitrogens with zero attached hydrogens (tertiary/aromatic N) is 2. The van der Waals surface area contributed by atoms with Gasteiger partial charge in [-0.25, -0.2) is 14.4 Å². The fourth-order valence-electron chi connectivity index (χ4n) is 6.13. The molecule has 382 valence electrons. The molecule has 1 aromatic heterocycles. The molecule has 17 nitrogen and oxygen atoms in total. The number of aromatic nitrogens is 1. The van der Waals surface area contributed by atoms with Crippen LogP contribution in [0.5, 0.6) is 0 Å². The van der Waals surface area contributed by atoms with Crippen molar-refractivity contribution in [2.75, 3.05) is 31.5 Å². The Hall–Kier alpha value is -5.96. The highest BCUT2D eigenvalue weighted by Crippen LogP contribution is 2.41. The average Bonchev–Trinajstić information content (AvgIpc) is 3.18. The Morgan fingerprint density at radius 1 is 0.681 bits per heavy atom. The van der Waals surface area contributed by atoms with Gasteiger partial charge in [-0.1, -0.05) is 39.0 Å². The maximum absolute atomic E-state index is 14.8. The van der Waals surface area contributed by atoms with Gasteiger partial charge in [-0.3, -0.25) is 19.4 Å². The van der Waals surface area contributed by atoms with Crippen LogP contribution in [0.1, 0.15) is 107 Å². The molecule has 3 rings (SSSR count). The molecule has 1 heterocycles. The number of ether oxygens (including phenoxy) is 3. The first-order valence-electron chi connectivity index (χ1n) is 22.6. The molecule has 5 N–H and O–H groups in total. The summed E-state index contributed by atoms with van der Waals surface area (Å²) in [6, 6.07) is 8.96. The summed E-state index contributed by atoms with van der Waals surface area (Å²) in [5, 5.41) is 13.2. The molecule has 6 amide bonds. The highest BCUT2D eigenvalue weighted by atomic mass is 28.4. The minimum absolute atomic E-state index is 0.116. The van der Waals surface area contributed by atoms with Crippen LogP contribution in [-0.4, -0.2) is 109 Å². The van der Waals surface area contributed by atoms with Crippen LogP contribution < -0.4 is 26.6 Å². The van der Waals surface area contributed by atoms with Crippen molar-refractivity contribution >= 4 is 60.9 Å². The normalized spacial score (nSPS) is 13.8. The lowest BCUT2D eigenvalue weighted by atomic mass is 9.99. The maximum atomic E-state index is 14.8. The van der Waals surface area contributed by atoms with E-state index in [1.165, 1.54) is 17.0 Å². The number of carbonyl (C=O) groups is 6.